The molecule has 0 bridgehead atoms. The van der Waals surface area contributed by atoms with Crippen molar-refractivity contribution in [3.8, 4) is 5.75 Å². The highest BCUT2D eigenvalue weighted by Gasteiger charge is 2.24. The standard InChI is InChI=1S/C15H13BrFNO3/c1-21-15(20)14(12-8-10(17)4-7-13(12)19)18-11-5-2-9(16)3-6-11/h2-8,14,18-19H,1H3. The van der Waals surface area contributed by atoms with Crippen molar-refractivity contribution in [2.45, 2.75) is 6.04 Å². The molecule has 0 aromatic heterocycles. The minimum atomic E-state index is -1.01. The fraction of sp³-hybridized carbons (Fsp3) is 0.133. The highest BCUT2D eigenvalue weighted by atomic mass is 79.9. The van der Waals surface area contributed by atoms with Crippen molar-refractivity contribution in [3.63, 3.8) is 0 Å². The van der Waals surface area contributed by atoms with Crippen LogP contribution in [0.5, 0.6) is 5.75 Å². The SMILES string of the molecule is COC(=O)C(Nc1ccc(Br)cc1)c1cc(F)ccc1O. The molecular weight excluding hydrogens is 341 g/mol. The van der Waals surface area contributed by atoms with E-state index in [-0.39, 0.29) is 11.3 Å². The van der Waals surface area contributed by atoms with Gasteiger partial charge in [0.15, 0.2) is 6.04 Å². The Labute approximate surface area is 129 Å². The second kappa shape index (κ2) is 6.58. The number of esters is 1. The molecule has 0 fully saturated rings. The van der Waals surface area contributed by atoms with Gasteiger partial charge in [-0.2, -0.15) is 0 Å². The number of nitrogens with one attached hydrogen (secondary N) is 1. The maximum absolute atomic E-state index is 13.4. The molecule has 0 aliphatic carbocycles. The number of hydrogen-bond donors (Lipinski definition) is 2. The summed E-state index contributed by atoms with van der Waals surface area (Å²) in [6.07, 6.45) is 0. The van der Waals surface area contributed by atoms with E-state index in [1.54, 1.807) is 24.3 Å². The van der Waals surface area contributed by atoms with Gasteiger partial charge in [0.25, 0.3) is 0 Å². The molecule has 0 amide bonds. The van der Waals surface area contributed by atoms with Gasteiger partial charge in [0, 0.05) is 15.7 Å². The topological polar surface area (TPSA) is 58.6 Å². The third-order valence-electron chi connectivity index (χ3n) is 2.89. The Balaban J connectivity index is 2.36. The van der Waals surface area contributed by atoms with Gasteiger partial charge in [-0.15, -0.1) is 0 Å². The molecule has 0 heterocycles. The number of rotatable bonds is 4. The Morgan fingerprint density at radius 1 is 1.29 bits per heavy atom. The fourth-order valence-electron chi connectivity index (χ4n) is 1.85. The molecule has 4 nitrogen and oxygen atoms in total. The first kappa shape index (κ1) is 15.3. The highest BCUT2D eigenvalue weighted by molar-refractivity contribution is 9.10. The van der Waals surface area contributed by atoms with Gasteiger partial charge >= 0.3 is 5.97 Å². The van der Waals surface area contributed by atoms with Gasteiger partial charge < -0.3 is 15.2 Å². The van der Waals surface area contributed by atoms with Crippen LogP contribution in [0.25, 0.3) is 0 Å². The third-order valence-corrected chi connectivity index (χ3v) is 3.42. The van der Waals surface area contributed by atoms with Crippen molar-refractivity contribution in [3.05, 3.63) is 58.3 Å². The number of anilines is 1. The maximum Gasteiger partial charge on any atom is 0.333 e. The number of phenolic OH excluding ortho intramolecular Hbond substituents is 1. The van der Waals surface area contributed by atoms with E-state index >= 15 is 0 Å². The number of methoxy groups -OCH3 is 1. The summed E-state index contributed by atoms with van der Waals surface area (Å²) in [6, 6.07) is 9.49. The first-order valence-corrected chi connectivity index (χ1v) is 6.89. The number of ether oxygens (including phenoxy) is 1. The first-order chi connectivity index (χ1) is 10.0. The second-order valence-corrected chi connectivity index (χ2v) is 5.23. The zero-order valence-corrected chi connectivity index (χ0v) is 12.7. The lowest BCUT2D eigenvalue weighted by Crippen LogP contribution is -2.22. The normalized spacial score (nSPS) is 11.8. The van der Waals surface area contributed by atoms with Gasteiger partial charge in [-0.25, -0.2) is 9.18 Å². The van der Waals surface area contributed by atoms with E-state index in [0.717, 1.165) is 16.6 Å². The number of carbonyl (C=O) groups excluding carboxylic acids is 1. The summed E-state index contributed by atoms with van der Waals surface area (Å²) in [5.41, 5.74) is 0.752. The van der Waals surface area contributed by atoms with E-state index in [1.807, 2.05) is 0 Å². The number of halogens is 2. The van der Waals surface area contributed by atoms with Crippen molar-refractivity contribution in [2.75, 3.05) is 12.4 Å². The van der Waals surface area contributed by atoms with Gasteiger partial charge in [-0.3, -0.25) is 0 Å². The van der Waals surface area contributed by atoms with Crippen molar-refractivity contribution >= 4 is 27.6 Å². The molecule has 0 aliphatic rings. The quantitative estimate of drug-likeness (QED) is 0.824. The van der Waals surface area contributed by atoms with Crippen LogP contribution in [0.3, 0.4) is 0 Å². The van der Waals surface area contributed by atoms with Gasteiger partial charge in [-0.05, 0) is 42.5 Å². The zero-order valence-electron chi connectivity index (χ0n) is 11.1. The molecule has 2 aromatic carbocycles. The predicted molar refractivity (Wildman–Crippen MR) is 80.6 cm³/mol. The molecule has 6 heteroatoms. The van der Waals surface area contributed by atoms with Gasteiger partial charge in [0.1, 0.15) is 11.6 Å². The van der Waals surface area contributed by atoms with E-state index < -0.39 is 17.8 Å². The van der Waals surface area contributed by atoms with Crippen LogP contribution in [0.4, 0.5) is 10.1 Å². The lowest BCUT2D eigenvalue weighted by Gasteiger charge is -2.19. The van der Waals surface area contributed by atoms with Gasteiger partial charge in [0.05, 0.1) is 7.11 Å². The zero-order chi connectivity index (χ0) is 15.4. The fourth-order valence-corrected chi connectivity index (χ4v) is 2.12. The van der Waals surface area contributed by atoms with E-state index in [1.165, 1.54) is 13.2 Å². The molecule has 1 atom stereocenters. The van der Waals surface area contributed by atoms with Crippen LogP contribution >= 0.6 is 15.9 Å². The molecule has 0 spiro atoms. The summed E-state index contributed by atoms with van der Waals surface area (Å²) in [4.78, 5) is 11.9. The molecule has 2 aromatic rings. The van der Waals surface area contributed by atoms with Crippen molar-refractivity contribution in [2.24, 2.45) is 0 Å². The van der Waals surface area contributed by atoms with Crippen LogP contribution < -0.4 is 5.32 Å². The molecule has 0 radical (unpaired) electrons. The van der Waals surface area contributed by atoms with Crippen LogP contribution in [-0.2, 0) is 9.53 Å². The molecule has 2 rings (SSSR count). The van der Waals surface area contributed by atoms with Gasteiger partial charge in [-0.1, -0.05) is 15.9 Å². The number of hydrogen-bond acceptors (Lipinski definition) is 4. The molecule has 0 aliphatic heterocycles. The van der Waals surface area contributed by atoms with Gasteiger partial charge in [0.2, 0.25) is 0 Å². The molecule has 21 heavy (non-hydrogen) atoms. The van der Waals surface area contributed by atoms with Crippen LogP contribution in [0.1, 0.15) is 11.6 Å². The number of phenols is 1. The van der Waals surface area contributed by atoms with Crippen LogP contribution in [0.15, 0.2) is 46.9 Å². The summed E-state index contributed by atoms with van der Waals surface area (Å²) in [5.74, 6) is -1.36. The molecule has 0 saturated heterocycles. The van der Waals surface area contributed by atoms with E-state index in [0.29, 0.717) is 5.69 Å². The van der Waals surface area contributed by atoms with E-state index in [9.17, 15) is 14.3 Å². The predicted octanol–water partition coefficient (Wildman–Crippen LogP) is 3.62. The summed E-state index contributed by atoms with van der Waals surface area (Å²) in [5, 5.41) is 12.8. The highest BCUT2D eigenvalue weighted by Crippen LogP contribution is 2.29. The Morgan fingerprint density at radius 3 is 2.57 bits per heavy atom. The number of aromatic hydroxyl groups is 1. The van der Waals surface area contributed by atoms with E-state index in [4.69, 9.17) is 4.74 Å². The maximum atomic E-state index is 13.4. The Morgan fingerprint density at radius 2 is 1.95 bits per heavy atom. The third kappa shape index (κ3) is 3.72. The summed E-state index contributed by atoms with van der Waals surface area (Å²) in [6.45, 7) is 0. The summed E-state index contributed by atoms with van der Waals surface area (Å²) in [7, 11) is 1.23. The summed E-state index contributed by atoms with van der Waals surface area (Å²) < 4.78 is 19.0. The molecular formula is C15H13BrFNO3. The van der Waals surface area contributed by atoms with Crippen LogP contribution in [0, 0.1) is 5.82 Å². The van der Waals surface area contributed by atoms with Crippen LogP contribution in [0.2, 0.25) is 0 Å². The minimum Gasteiger partial charge on any atom is -0.508 e. The molecule has 2 N–H and O–H groups in total. The Hall–Kier alpha value is -2.08. The largest absolute Gasteiger partial charge is 0.508 e. The van der Waals surface area contributed by atoms with E-state index in [2.05, 4.69) is 21.2 Å². The van der Waals surface area contributed by atoms with Crippen molar-refractivity contribution in [1.82, 2.24) is 0 Å². The molecule has 1 unspecified atom stereocenters. The van der Waals surface area contributed by atoms with Crippen molar-refractivity contribution in [1.29, 1.82) is 0 Å². The minimum absolute atomic E-state index is 0.116. The van der Waals surface area contributed by atoms with Crippen molar-refractivity contribution < 1.29 is 19.0 Å². The Kier molecular flexibility index (Phi) is 4.80. The average Bonchev–Trinajstić information content (AvgIpc) is 2.48. The smallest absolute Gasteiger partial charge is 0.333 e. The molecule has 0 saturated carbocycles. The first-order valence-electron chi connectivity index (χ1n) is 6.09. The second-order valence-electron chi connectivity index (χ2n) is 4.31. The lowest BCUT2D eigenvalue weighted by molar-refractivity contribution is -0.141. The Bertz CT molecular complexity index is 646. The average molecular weight is 354 g/mol. The van der Waals surface area contributed by atoms with Crippen LogP contribution in [-0.4, -0.2) is 18.2 Å². The summed E-state index contributed by atoms with van der Waals surface area (Å²) >= 11 is 3.31. The monoisotopic (exact) mass is 353 g/mol. The lowest BCUT2D eigenvalue weighted by atomic mass is 10.0. The number of carbonyl (C=O) groups is 1. The molecule has 110 valence electrons. The number of benzene rings is 2.